The number of rotatable bonds is 8. The minimum Gasteiger partial charge on any atom is -0.475 e. The van der Waals surface area contributed by atoms with E-state index in [2.05, 4.69) is 15.3 Å². The van der Waals surface area contributed by atoms with Crippen molar-refractivity contribution in [1.82, 2.24) is 20.3 Å². The van der Waals surface area contributed by atoms with Gasteiger partial charge in [0.25, 0.3) is 5.91 Å². The molecule has 0 saturated heterocycles. The number of aliphatic hydroxyl groups is 1. The summed E-state index contributed by atoms with van der Waals surface area (Å²) in [5, 5.41) is 13.5. The topological polar surface area (TPSA) is 131 Å². The number of ether oxygens (including phenoxy) is 1. The van der Waals surface area contributed by atoms with Gasteiger partial charge in [0.2, 0.25) is 5.88 Å². The summed E-state index contributed by atoms with van der Waals surface area (Å²) in [4.78, 5) is 26.4. The van der Waals surface area contributed by atoms with Crippen LogP contribution in [0.1, 0.15) is 35.5 Å². The molecule has 0 bridgehead atoms. The molecule has 4 rings (SSSR count). The van der Waals surface area contributed by atoms with Crippen molar-refractivity contribution in [3.05, 3.63) is 77.6 Å². The predicted molar refractivity (Wildman–Crippen MR) is 140 cm³/mol. The van der Waals surface area contributed by atoms with E-state index in [1.807, 2.05) is 24.3 Å². The zero-order valence-corrected chi connectivity index (χ0v) is 21.8. The molecule has 0 aliphatic carbocycles. The highest BCUT2D eigenvalue weighted by Gasteiger charge is 2.16. The normalized spacial score (nSPS) is 11.9. The fourth-order valence-corrected chi connectivity index (χ4v) is 4.59. The molecule has 0 radical (unpaired) electrons. The largest absolute Gasteiger partial charge is 0.475 e. The first-order valence-corrected chi connectivity index (χ1v) is 13.5. The van der Waals surface area contributed by atoms with Gasteiger partial charge in [-0.15, -0.1) is 0 Å². The molecular weight excluding hydrogens is 492 g/mol. The van der Waals surface area contributed by atoms with Gasteiger partial charge in [-0.05, 0) is 62.7 Å². The lowest BCUT2D eigenvalue weighted by Gasteiger charge is -2.17. The van der Waals surface area contributed by atoms with E-state index in [1.165, 1.54) is 6.07 Å². The number of aromatic nitrogens is 3. The highest BCUT2D eigenvalue weighted by molar-refractivity contribution is 7.90. The van der Waals surface area contributed by atoms with Gasteiger partial charge >= 0.3 is 0 Å². The molecular formula is C27H28N4O5S. The lowest BCUT2D eigenvalue weighted by Crippen LogP contribution is -2.28. The number of nitrogens with zero attached hydrogens (tertiary/aromatic N) is 3. The molecule has 1 amide bonds. The van der Waals surface area contributed by atoms with Crippen LogP contribution in [-0.2, 0) is 16.4 Å². The Hall–Kier alpha value is -3.89. The number of carbonyl (C=O) groups excluding carboxylic acids is 1. The summed E-state index contributed by atoms with van der Waals surface area (Å²) in [6.45, 7) is 5.24. The van der Waals surface area contributed by atoms with E-state index in [-0.39, 0.29) is 23.6 Å². The van der Waals surface area contributed by atoms with Crippen molar-refractivity contribution in [3.63, 3.8) is 0 Å². The van der Waals surface area contributed by atoms with Crippen LogP contribution >= 0.6 is 0 Å². The molecule has 0 unspecified atom stereocenters. The van der Waals surface area contributed by atoms with Gasteiger partial charge in [-0.3, -0.25) is 9.78 Å². The summed E-state index contributed by atoms with van der Waals surface area (Å²) < 4.78 is 29.6. The average molecular weight is 521 g/mol. The first kappa shape index (κ1) is 26.2. The maximum atomic E-state index is 12.7. The highest BCUT2D eigenvalue weighted by atomic mass is 32.2. The number of hydrogen-bond donors (Lipinski definition) is 2. The number of pyridine rings is 3. The Balaban J connectivity index is 1.51. The second kappa shape index (κ2) is 10.2. The maximum absolute atomic E-state index is 12.7. The second-order valence-electron chi connectivity index (χ2n) is 9.46. The summed E-state index contributed by atoms with van der Waals surface area (Å²) in [5.41, 5.74) is 2.38. The van der Waals surface area contributed by atoms with Crippen LogP contribution in [0.3, 0.4) is 0 Å². The van der Waals surface area contributed by atoms with Crippen LogP contribution in [0.2, 0.25) is 0 Å². The lowest BCUT2D eigenvalue weighted by molar-refractivity contribution is 0.0269. The van der Waals surface area contributed by atoms with E-state index in [9.17, 15) is 18.3 Å². The van der Waals surface area contributed by atoms with Crippen LogP contribution in [0.5, 0.6) is 5.88 Å². The van der Waals surface area contributed by atoms with Crippen LogP contribution in [-0.4, -0.2) is 52.8 Å². The third kappa shape index (κ3) is 6.66. The third-order valence-electron chi connectivity index (χ3n) is 5.47. The highest BCUT2D eigenvalue weighted by Crippen LogP contribution is 2.22. The summed E-state index contributed by atoms with van der Waals surface area (Å²) >= 11 is 0. The fourth-order valence-electron chi connectivity index (χ4n) is 3.60. The number of benzene rings is 1. The van der Waals surface area contributed by atoms with Gasteiger partial charge in [-0.1, -0.05) is 12.1 Å². The van der Waals surface area contributed by atoms with E-state index < -0.39 is 21.3 Å². The smallest absolute Gasteiger partial charge is 0.251 e. The monoisotopic (exact) mass is 520 g/mol. The number of sulfone groups is 1. The van der Waals surface area contributed by atoms with E-state index >= 15 is 0 Å². The van der Waals surface area contributed by atoms with Gasteiger partial charge < -0.3 is 15.2 Å². The fraction of sp³-hybridized carbons (Fsp3) is 0.259. The minimum atomic E-state index is -3.45. The van der Waals surface area contributed by atoms with Crippen LogP contribution in [0, 0.1) is 6.92 Å². The van der Waals surface area contributed by atoms with Crippen LogP contribution in [0.4, 0.5) is 0 Å². The zero-order valence-electron chi connectivity index (χ0n) is 21.0. The molecule has 9 nitrogen and oxygen atoms in total. The van der Waals surface area contributed by atoms with Gasteiger partial charge in [0.05, 0.1) is 39.6 Å². The number of fused-ring (bicyclic) bond motifs is 1. The molecule has 10 heteroatoms. The molecule has 3 aromatic heterocycles. The Labute approximate surface area is 215 Å². The van der Waals surface area contributed by atoms with Crippen LogP contribution in [0.15, 0.2) is 65.7 Å². The number of aryl methyl sites for hydroxylation is 1. The molecule has 37 heavy (non-hydrogen) atoms. The first-order chi connectivity index (χ1) is 17.4. The third-order valence-corrected chi connectivity index (χ3v) is 6.71. The van der Waals surface area contributed by atoms with Crippen molar-refractivity contribution < 1.29 is 23.1 Å². The second-order valence-corrected chi connectivity index (χ2v) is 11.4. The number of carbonyl (C=O) groups is 1. The molecule has 1 aromatic carbocycles. The molecule has 192 valence electrons. The van der Waals surface area contributed by atoms with Gasteiger partial charge in [-0.25, -0.2) is 18.4 Å². The summed E-state index contributed by atoms with van der Waals surface area (Å²) in [7, 11) is -3.45. The summed E-state index contributed by atoms with van der Waals surface area (Å²) in [5.74, 6) is -0.0182. The Bertz CT molecular complexity index is 1580. The molecule has 4 aromatic rings. The molecule has 0 fully saturated rings. The van der Waals surface area contributed by atoms with Gasteiger partial charge in [0.1, 0.15) is 6.61 Å². The number of nitrogens with one attached hydrogen (secondary N) is 1. The maximum Gasteiger partial charge on any atom is 0.251 e. The molecule has 0 atom stereocenters. The Kier molecular flexibility index (Phi) is 7.24. The molecule has 0 spiro atoms. The van der Waals surface area contributed by atoms with Gasteiger partial charge in [0.15, 0.2) is 9.84 Å². The van der Waals surface area contributed by atoms with E-state index in [0.29, 0.717) is 34.0 Å². The van der Waals surface area contributed by atoms with Crippen molar-refractivity contribution in [3.8, 4) is 17.3 Å². The molecule has 0 saturated carbocycles. The van der Waals surface area contributed by atoms with E-state index in [1.54, 1.807) is 51.2 Å². The lowest BCUT2D eigenvalue weighted by atomic mass is 10.1. The van der Waals surface area contributed by atoms with Crippen molar-refractivity contribution in [2.45, 2.75) is 37.8 Å². The van der Waals surface area contributed by atoms with Crippen molar-refractivity contribution in [2.24, 2.45) is 0 Å². The Morgan fingerprint density at radius 1 is 1.05 bits per heavy atom. The van der Waals surface area contributed by atoms with Gasteiger partial charge in [-0.2, -0.15) is 0 Å². The van der Waals surface area contributed by atoms with Crippen LogP contribution < -0.4 is 10.1 Å². The molecule has 0 aliphatic heterocycles. The zero-order chi connectivity index (χ0) is 26.8. The number of amides is 1. The van der Waals surface area contributed by atoms with Crippen LogP contribution in [0.25, 0.3) is 22.3 Å². The predicted octanol–water partition coefficient (Wildman–Crippen LogP) is 3.48. The average Bonchev–Trinajstić information content (AvgIpc) is 2.85. The van der Waals surface area contributed by atoms with Crippen molar-refractivity contribution in [1.29, 1.82) is 0 Å². The quantitative estimate of drug-likeness (QED) is 0.361. The van der Waals surface area contributed by atoms with Crippen molar-refractivity contribution in [2.75, 3.05) is 12.9 Å². The minimum absolute atomic E-state index is 0.105. The molecule has 3 heterocycles. The van der Waals surface area contributed by atoms with Crippen molar-refractivity contribution >= 4 is 26.6 Å². The Morgan fingerprint density at radius 3 is 2.54 bits per heavy atom. The van der Waals surface area contributed by atoms with E-state index in [4.69, 9.17) is 9.72 Å². The Morgan fingerprint density at radius 2 is 1.81 bits per heavy atom. The van der Waals surface area contributed by atoms with Gasteiger partial charge in [0, 0.05) is 29.5 Å². The van der Waals surface area contributed by atoms with E-state index in [0.717, 1.165) is 11.6 Å². The number of hydrogen-bond acceptors (Lipinski definition) is 8. The summed E-state index contributed by atoms with van der Waals surface area (Å²) in [6, 6.07) is 15.4. The molecule has 0 aliphatic rings. The molecule has 2 N–H and O–H groups in total. The standard InChI is InChI=1S/C27H28N4O5S/c1-17-8-9-18(12-24(17)37(4,34)35)26(32)29-15-20-13-23-19(14-28-20)10-11-22(30-23)21-6-5-7-25(31-21)36-16-27(2,3)33/h5-14,33H,15-16H2,1-4H3,(H,29,32). The SMILES string of the molecule is Cc1ccc(C(=O)NCc2cc3nc(-c4cccc(OCC(C)(C)O)n4)ccc3cn2)cc1S(C)(=O)=O. The first-order valence-electron chi connectivity index (χ1n) is 11.6. The summed E-state index contributed by atoms with van der Waals surface area (Å²) in [6.07, 6.45) is 2.80.